The summed E-state index contributed by atoms with van der Waals surface area (Å²) < 4.78 is 5.77. The first-order valence-corrected chi connectivity index (χ1v) is 7.78. The van der Waals surface area contributed by atoms with E-state index in [2.05, 4.69) is 5.32 Å². The standard InChI is InChI=1S/C16H23ClN2O2/c1-11-6-7-14(17)15(9-11)21-12(2)16(20)19-8-4-5-13(10-19)18-3/h6-7,9,12-13,18H,4-5,8,10H2,1-3H3. The SMILES string of the molecule is CNC1CCCN(C(=O)C(C)Oc2cc(C)ccc2Cl)C1. The fourth-order valence-corrected chi connectivity index (χ4v) is 2.77. The smallest absolute Gasteiger partial charge is 0.263 e. The Labute approximate surface area is 131 Å². The van der Waals surface area contributed by atoms with Crippen LogP contribution in [0.5, 0.6) is 5.75 Å². The third-order valence-electron chi connectivity index (χ3n) is 3.88. The Morgan fingerprint density at radius 2 is 2.29 bits per heavy atom. The molecule has 0 aromatic heterocycles. The van der Waals surface area contributed by atoms with E-state index >= 15 is 0 Å². The molecule has 21 heavy (non-hydrogen) atoms. The molecule has 2 unspecified atom stereocenters. The number of carbonyl (C=O) groups excluding carboxylic acids is 1. The highest BCUT2D eigenvalue weighted by molar-refractivity contribution is 6.32. The largest absolute Gasteiger partial charge is 0.479 e. The number of benzene rings is 1. The van der Waals surface area contributed by atoms with E-state index in [1.807, 2.05) is 31.0 Å². The van der Waals surface area contributed by atoms with Crippen molar-refractivity contribution in [3.63, 3.8) is 0 Å². The number of aryl methyl sites for hydroxylation is 1. The monoisotopic (exact) mass is 310 g/mol. The minimum Gasteiger partial charge on any atom is -0.479 e. The van der Waals surface area contributed by atoms with Crippen molar-refractivity contribution in [2.75, 3.05) is 20.1 Å². The fourth-order valence-electron chi connectivity index (χ4n) is 2.61. The normalized spacial score (nSPS) is 20.2. The average molecular weight is 311 g/mol. The Balaban J connectivity index is 2.00. The van der Waals surface area contributed by atoms with Gasteiger partial charge in [0.2, 0.25) is 0 Å². The van der Waals surface area contributed by atoms with Crippen LogP contribution in [-0.4, -0.2) is 43.1 Å². The summed E-state index contributed by atoms with van der Waals surface area (Å²) in [6.45, 7) is 5.29. The number of piperidine rings is 1. The van der Waals surface area contributed by atoms with Crippen LogP contribution in [0.3, 0.4) is 0 Å². The number of hydrogen-bond acceptors (Lipinski definition) is 3. The molecule has 1 N–H and O–H groups in total. The molecular formula is C16H23ClN2O2. The number of likely N-dealkylation sites (tertiary alicyclic amines) is 1. The zero-order chi connectivity index (χ0) is 15.4. The highest BCUT2D eigenvalue weighted by atomic mass is 35.5. The topological polar surface area (TPSA) is 41.6 Å². The van der Waals surface area contributed by atoms with Gasteiger partial charge >= 0.3 is 0 Å². The molecule has 0 saturated carbocycles. The second-order valence-electron chi connectivity index (χ2n) is 5.61. The second-order valence-corrected chi connectivity index (χ2v) is 6.01. The third kappa shape index (κ3) is 4.11. The number of rotatable bonds is 4. The molecule has 1 saturated heterocycles. The van der Waals surface area contributed by atoms with E-state index in [0.717, 1.165) is 31.5 Å². The van der Waals surface area contributed by atoms with Gasteiger partial charge in [-0.3, -0.25) is 4.79 Å². The Morgan fingerprint density at radius 1 is 1.52 bits per heavy atom. The minimum absolute atomic E-state index is 0.0209. The molecule has 0 radical (unpaired) electrons. The Morgan fingerprint density at radius 3 is 3.00 bits per heavy atom. The maximum atomic E-state index is 12.5. The molecule has 2 rings (SSSR count). The van der Waals surface area contributed by atoms with Gasteiger partial charge in [-0.2, -0.15) is 0 Å². The Bertz CT molecular complexity index is 507. The summed E-state index contributed by atoms with van der Waals surface area (Å²) >= 11 is 6.12. The van der Waals surface area contributed by atoms with Crippen LogP contribution in [0, 0.1) is 6.92 Å². The van der Waals surface area contributed by atoms with Gasteiger partial charge in [0, 0.05) is 19.1 Å². The highest BCUT2D eigenvalue weighted by Crippen LogP contribution is 2.26. The van der Waals surface area contributed by atoms with Crippen LogP contribution >= 0.6 is 11.6 Å². The number of ether oxygens (including phenoxy) is 1. The zero-order valence-electron chi connectivity index (χ0n) is 12.9. The minimum atomic E-state index is -0.528. The molecule has 116 valence electrons. The lowest BCUT2D eigenvalue weighted by Gasteiger charge is -2.34. The van der Waals surface area contributed by atoms with Crippen molar-refractivity contribution in [1.82, 2.24) is 10.2 Å². The molecule has 1 aromatic rings. The number of carbonyl (C=O) groups is 1. The van der Waals surface area contributed by atoms with Crippen molar-refractivity contribution in [3.05, 3.63) is 28.8 Å². The first-order chi connectivity index (χ1) is 10.0. The lowest BCUT2D eigenvalue weighted by Crippen LogP contribution is -2.50. The molecule has 0 spiro atoms. The van der Waals surface area contributed by atoms with Gasteiger partial charge in [-0.05, 0) is 51.4 Å². The molecule has 4 nitrogen and oxygen atoms in total. The molecule has 0 bridgehead atoms. The van der Waals surface area contributed by atoms with Gasteiger partial charge in [0.05, 0.1) is 5.02 Å². The number of hydrogen-bond donors (Lipinski definition) is 1. The molecule has 1 amide bonds. The number of nitrogens with zero attached hydrogens (tertiary/aromatic N) is 1. The van der Waals surface area contributed by atoms with E-state index in [-0.39, 0.29) is 5.91 Å². The second kappa shape index (κ2) is 7.14. The average Bonchev–Trinajstić information content (AvgIpc) is 2.50. The number of nitrogens with one attached hydrogen (secondary N) is 1. The van der Waals surface area contributed by atoms with E-state index in [4.69, 9.17) is 16.3 Å². The quantitative estimate of drug-likeness (QED) is 0.929. The van der Waals surface area contributed by atoms with Crippen molar-refractivity contribution in [2.45, 2.75) is 38.8 Å². The third-order valence-corrected chi connectivity index (χ3v) is 4.19. The fraction of sp³-hybridized carbons (Fsp3) is 0.562. The molecule has 1 heterocycles. The Kier molecular flexibility index (Phi) is 5.48. The van der Waals surface area contributed by atoms with Gasteiger partial charge in [0.15, 0.2) is 6.10 Å². The zero-order valence-corrected chi connectivity index (χ0v) is 13.6. The van der Waals surface area contributed by atoms with Crippen LogP contribution in [0.1, 0.15) is 25.3 Å². The van der Waals surface area contributed by atoms with Crippen LogP contribution in [0.4, 0.5) is 0 Å². The molecule has 1 aromatic carbocycles. The van der Waals surface area contributed by atoms with Crippen LogP contribution in [0.2, 0.25) is 5.02 Å². The van der Waals surface area contributed by atoms with E-state index in [9.17, 15) is 4.79 Å². The first kappa shape index (κ1) is 16.1. The highest BCUT2D eigenvalue weighted by Gasteiger charge is 2.27. The number of likely N-dealkylation sites (N-methyl/N-ethyl adjacent to an activating group) is 1. The van der Waals surface area contributed by atoms with E-state index in [1.54, 1.807) is 13.0 Å². The summed E-state index contributed by atoms with van der Waals surface area (Å²) in [7, 11) is 1.94. The maximum absolute atomic E-state index is 12.5. The summed E-state index contributed by atoms with van der Waals surface area (Å²) in [5.41, 5.74) is 1.06. The summed E-state index contributed by atoms with van der Waals surface area (Å²) in [6.07, 6.45) is 1.61. The van der Waals surface area contributed by atoms with Gasteiger partial charge in [0.1, 0.15) is 5.75 Å². The maximum Gasteiger partial charge on any atom is 0.263 e. The van der Waals surface area contributed by atoms with Gasteiger partial charge < -0.3 is 15.0 Å². The number of halogens is 1. The lowest BCUT2D eigenvalue weighted by molar-refractivity contribution is -0.139. The van der Waals surface area contributed by atoms with Gasteiger partial charge in [0.25, 0.3) is 5.91 Å². The molecule has 2 atom stereocenters. The molecule has 0 aliphatic carbocycles. The van der Waals surface area contributed by atoms with Gasteiger partial charge in [-0.15, -0.1) is 0 Å². The van der Waals surface area contributed by atoms with Gasteiger partial charge in [-0.25, -0.2) is 0 Å². The lowest BCUT2D eigenvalue weighted by atomic mass is 10.1. The molecule has 1 aliphatic rings. The van der Waals surface area contributed by atoms with E-state index in [0.29, 0.717) is 16.8 Å². The van der Waals surface area contributed by atoms with Crippen molar-refractivity contribution >= 4 is 17.5 Å². The Hall–Kier alpha value is -1.26. The van der Waals surface area contributed by atoms with Gasteiger partial charge in [-0.1, -0.05) is 17.7 Å². The first-order valence-electron chi connectivity index (χ1n) is 7.40. The van der Waals surface area contributed by atoms with Crippen LogP contribution in [-0.2, 0) is 4.79 Å². The van der Waals surface area contributed by atoms with Crippen molar-refractivity contribution < 1.29 is 9.53 Å². The summed E-state index contributed by atoms with van der Waals surface area (Å²) in [6, 6.07) is 5.95. The summed E-state index contributed by atoms with van der Waals surface area (Å²) in [5, 5.41) is 3.77. The van der Waals surface area contributed by atoms with E-state index in [1.165, 1.54) is 0 Å². The summed E-state index contributed by atoms with van der Waals surface area (Å²) in [5.74, 6) is 0.590. The van der Waals surface area contributed by atoms with Crippen molar-refractivity contribution in [1.29, 1.82) is 0 Å². The van der Waals surface area contributed by atoms with Crippen molar-refractivity contribution in [2.24, 2.45) is 0 Å². The molecule has 1 aliphatic heterocycles. The molecular weight excluding hydrogens is 288 g/mol. The predicted molar refractivity (Wildman–Crippen MR) is 84.9 cm³/mol. The van der Waals surface area contributed by atoms with Crippen LogP contribution < -0.4 is 10.1 Å². The van der Waals surface area contributed by atoms with Crippen LogP contribution in [0.25, 0.3) is 0 Å². The van der Waals surface area contributed by atoms with Crippen LogP contribution in [0.15, 0.2) is 18.2 Å². The van der Waals surface area contributed by atoms with E-state index < -0.39 is 6.10 Å². The summed E-state index contributed by atoms with van der Waals surface area (Å²) in [4.78, 5) is 14.4. The predicted octanol–water partition coefficient (Wildman–Crippen LogP) is 2.63. The van der Waals surface area contributed by atoms with Crippen molar-refractivity contribution in [3.8, 4) is 5.75 Å². The molecule has 5 heteroatoms. The molecule has 1 fully saturated rings. The number of amides is 1.